The molecule has 122 valence electrons. The molecular formula is C16H23NO5. The number of esters is 1. The van der Waals surface area contributed by atoms with E-state index in [-0.39, 0.29) is 18.2 Å². The van der Waals surface area contributed by atoms with Gasteiger partial charge in [0.25, 0.3) is 0 Å². The zero-order valence-electron chi connectivity index (χ0n) is 13.6. The lowest BCUT2D eigenvalue weighted by molar-refractivity contribution is -0.141. The van der Waals surface area contributed by atoms with Crippen LogP contribution in [0.2, 0.25) is 0 Å². The van der Waals surface area contributed by atoms with Crippen LogP contribution in [0, 0.1) is 5.92 Å². The maximum atomic E-state index is 12.0. The second-order valence-electron chi connectivity index (χ2n) is 5.11. The summed E-state index contributed by atoms with van der Waals surface area (Å²) in [5, 5.41) is 2.85. The lowest BCUT2D eigenvalue weighted by Crippen LogP contribution is -2.33. The Morgan fingerprint density at radius 2 is 1.73 bits per heavy atom. The summed E-state index contributed by atoms with van der Waals surface area (Å²) >= 11 is 0. The monoisotopic (exact) mass is 309 g/mol. The van der Waals surface area contributed by atoms with Crippen LogP contribution in [0.1, 0.15) is 31.9 Å². The first-order chi connectivity index (χ1) is 10.4. The van der Waals surface area contributed by atoms with Gasteiger partial charge >= 0.3 is 5.97 Å². The van der Waals surface area contributed by atoms with Crippen LogP contribution in [-0.2, 0) is 14.3 Å². The van der Waals surface area contributed by atoms with Gasteiger partial charge in [-0.15, -0.1) is 0 Å². The van der Waals surface area contributed by atoms with Gasteiger partial charge in [0.05, 0.1) is 33.8 Å². The van der Waals surface area contributed by atoms with Crippen LogP contribution in [0.3, 0.4) is 0 Å². The van der Waals surface area contributed by atoms with Crippen molar-refractivity contribution in [2.45, 2.75) is 26.3 Å². The second kappa shape index (κ2) is 8.26. The van der Waals surface area contributed by atoms with E-state index in [1.165, 1.54) is 14.2 Å². The molecule has 0 aliphatic carbocycles. The average molecular weight is 309 g/mol. The lowest BCUT2D eigenvalue weighted by Gasteiger charge is -2.20. The molecule has 0 saturated carbocycles. The van der Waals surface area contributed by atoms with Gasteiger partial charge in [0.1, 0.15) is 0 Å². The molecule has 1 atom stereocenters. The number of methoxy groups -OCH3 is 3. The predicted molar refractivity (Wildman–Crippen MR) is 81.9 cm³/mol. The molecule has 0 aliphatic rings. The second-order valence-corrected chi connectivity index (χ2v) is 5.11. The number of benzene rings is 1. The van der Waals surface area contributed by atoms with Gasteiger partial charge in [-0.1, -0.05) is 19.9 Å². The Bertz CT molecular complexity index is 527. The van der Waals surface area contributed by atoms with Gasteiger partial charge < -0.3 is 19.5 Å². The van der Waals surface area contributed by atoms with Crippen molar-refractivity contribution in [2.75, 3.05) is 21.3 Å². The Kier molecular flexibility index (Phi) is 6.69. The highest BCUT2D eigenvalue weighted by Gasteiger charge is 2.21. The third-order valence-electron chi connectivity index (χ3n) is 3.25. The largest absolute Gasteiger partial charge is 0.493 e. The molecule has 1 aromatic rings. The van der Waals surface area contributed by atoms with Gasteiger partial charge in [-0.05, 0) is 17.7 Å². The fourth-order valence-electron chi connectivity index (χ4n) is 1.91. The van der Waals surface area contributed by atoms with E-state index < -0.39 is 12.0 Å². The molecule has 1 N–H and O–H groups in total. The van der Waals surface area contributed by atoms with Crippen LogP contribution in [0.25, 0.3) is 0 Å². The van der Waals surface area contributed by atoms with E-state index in [0.29, 0.717) is 11.5 Å². The number of amides is 1. The number of carbonyl (C=O) groups is 2. The van der Waals surface area contributed by atoms with Gasteiger partial charge in [0.2, 0.25) is 5.91 Å². The van der Waals surface area contributed by atoms with Gasteiger partial charge in [-0.3, -0.25) is 9.59 Å². The summed E-state index contributed by atoms with van der Waals surface area (Å²) < 4.78 is 15.1. The van der Waals surface area contributed by atoms with Crippen molar-refractivity contribution in [2.24, 2.45) is 5.92 Å². The van der Waals surface area contributed by atoms with E-state index in [4.69, 9.17) is 14.2 Å². The summed E-state index contributed by atoms with van der Waals surface area (Å²) in [6, 6.07) is 4.78. The third-order valence-corrected chi connectivity index (χ3v) is 3.25. The summed E-state index contributed by atoms with van der Waals surface area (Å²) in [5.74, 6) is 0.403. The Labute approximate surface area is 130 Å². The van der Waals surface area contributed by atoms with E-state index in [1.807, 2.05) is 0 Å². The smallest absolute Gasteiger partial charge is 0.307 e. The maximum absolute atomic E-state index is 12.0. The van der Waals surface area contributed by atoms with Gasteiger partial charge in [-0.25, -0.2) is 0 Å². The standard InChI is InChI=1S/C16H23NO5/c1-10(2)16(19)17-12(9-15(18)22-5)11-6-7-13(20-3)14(8-11)21-4/h6-8,10,12H,9H2,1-5H3,(H,17,19). The minimum atomic E-state index is -0.484. The van der Waals surface area contributed by atoms with Gasteiger partial charge in [-0.2, -0.15) is 0 Å². The molecule has 0 aromatic heterocycles. The summed E-state index contributed by atoms with van der Waals surface area (Å²) in [7, 11) is 4.39. The molecule has 0 heterocycles. The highest BCUT2D eigenvalue weighted by Crippen LogP contribution is 2.31. The van der Waals surface area contributed by atoms with E-state index in [0.717, 1.165) is 5.56 Å². The molecule has 1 unspecified atom stereocenters. The predicted octanol–water partition coefficient (Wildman–Crippen LogP) is 2.08. The molecule has 0 bridgehead atoms. The zero-order valence-corrected chi connectivity index (χ0v) is 13.6. The quantitative estimate of drug-likeness (QED) is 0.781. The van der Waals surface area contributed by atoms with Crippen molar-refractivity contribution >= 4 is 11.9 Å². The fourth-order valence-corrected chi connectivity index (χ4v) is 1.91. The average Bonchev–Trinajstić information content (AvgIpc) is 2.52. The normalized spacial score (nSPS) is 11.7. The topological polar surface area (TPSA) is 73.9 Å². The van der Waals surface area contributed by atoms with Crippen LogP contribution in [0.4, 0.5) is 0 Å². The zero-order chi connectivity index (χ0) is 16.7. The number of ether oxygens (including phenoxy) is 3. The molecule has 6 heteroatoms. The van der Waals surface area contributed by atoms with E-state index in [9.17, 15) is 9.59 Å². The first-order valence-corrected chi connectivity index (χ1v) is 7.02. The minimum Gasteiger partial charge on any atom is -0.493 e. The molecule has 0 aliphatic heterocycles. The molecule has 22 heavy (non-hydrogen) atoms. The third kappa shape index (κ3) is 4.65. The van der Waals surface area contributed by atoms with Crippen molar-refractivity contribution in [3.63, 3.8) is 0 Å². The Hall–Kier alpha value is -2.24. The SMILES string of the molecule is COC(=O)CC(NC(=O)C(C)C)c1ccc(OC)c(OC)c1. The summed E-state index contributed by atoms with van der Waals surface area (Å²) in [6.07, 6.45) is 0.0461. The lowest BCUT2D eigenvalue weighted by atomic mass is 10.0. The van der Waals surface area contributed by atoms with Gasteiger partial charge in [0, 0.05) is 5.92 Å². The Balaban J connectivity index is 3.08. The molecule has 1 amide bonds. The number of hydrogen-bond donors (Lipinski definition) is 1. The summed E-state index contributed by atoms with van der Waals surface area (Å²) in [4.78, 5) is 23.5. The number of nitrogens with one attached hydrogen (secondary N) is 1. The van der Waals surface area contributed by atoms with E-state index >= 15 is 0 Å². The van der Waals surface area contributed by atoms with Crippen molar-refractivity contribution in [1.29, 1.82) is 0 Å². The van der Waals surface area contributed by atoms with Gasteiger partial charge in [0.15, 0.2) is 11.5 Å². The van der Waals surface area contributed by atoms with Crippen molar-refractivity contribution in [3.8, 4) is 11.5 Å². The van der Waals surface area contributed by atoms with Crippen LogP contribution >= 0.6 is 0 Å². The maximum Gasteiger partial charge on any atom is 0.307 e. The number of rotatable bonds is 7. The molecule has 6 nitrogen and oxygen atoms in total. The molecule has 1 rings (SSSR count). The minimum absolute atomic E-state index is 0.0461. The number of carbonyl (C=O) groups excluding carboxylic acids is 2. The van der Waals surface area contributed by atoms with E-state index in [1.54, 1.807) is 39.2 Å². The van der Waals surface area contributed by atoms with Crippen LogP contribution < -0.4 is 14.8 Å². The Morgan fingerprint density at radius 1 is 1.09 bits per heavy atom. The summed E-state index contributed by atoms with van der Waals surface area (Å²) in [5.41, 5.74) is 0.747. The first kappa shape index (κ1) is 17.8. The fraction of sp³-hybridized carbons (Fsp3) is 0.500. The molecule has 1 aromatic carbocycles. The highest BCUT2D eigenvalue weighted by molar-refractivity contribution is 5.79. The molecule has 0 radical (unpaired) electrons. The Morgan fingerprint density at radius 3 is 2.23 bits per heavy atom. The van der Waals surface area contributed by atoms with E-state index in [2.05, 4.69) is 5.32 Å². The molecular weight excluding hydrogens is 286 g/mol. The molecule has 0 spiro atoms. The first-order valence-electron chi connectivity index (χ1n) is 7.02. The molecule has 0 saturated heterocycles. The molecule has 0 fully saturated rings. The highest BCUT2D eigenvalue weighted by atomic mass is 16.5. The van der Waals surface area contributed by atoms with Crippen molar-refractivity contribution < 1.29 is 23.8 Å². The summed E-state index contributed by atoms with van der Waals surface area (Å²) in [6.45, 7) is 3.58. The van der Waals surface area contributed by atoms with Crippen molar-refractivity contribution in [1.82, 2.24) is 5.32 Å². The number of hydrogen-bond acceptors (Lipinski definition) is 5. The van der Waals surface area contributed by atoms with Crippen molar-refractivity contribution in [3.05, 3.63) is 23.8 Å². The van der Waals surface area contributed by atoms with Crippen LogP contribution in [-0.4, -0.2) is 33.2 Å². The van der Waals surface area contributed by atoms with Crippen LogP contribution in [0.15, 0.2) is 18.2 Å². The van der Waals surface area contributed by atoms with Crippen LogP contribution in [0.5, 0.6) is 11.5 Å².